The minimum absolute atomic E-state index is 0.144. The highest BCUT2D eigenvalue weighted by atomic mass is 32.2. The third-order valence-electron chi connectivity index (χ3n) is 6.16. The summed E-state index contributed by atoms with van der Waals surface area (Å²) in [4.78, 5) is 26.3. The van der Waals surface area contributed by atoms with E-state index in [1.54, 1.807) is 12.1 Å². The predicted octanol–water partition coefficient (Wildman–Crippen LogP) is 5.51. The number of amides is 1. The molecular weight excluding hydrogens is 489 g/mol. The van der Waals surface area contributed by atoms with Crippen LogP contribution in [-0.2, 0) is 11.2 Å². The first-order chi connectivity index (χ1) is 17.6. The van der Waals surface area contributed by atoms with Crippen LogP contribution in [0.15, 0.2) is 52.0 Å². The Balaban J connectivity index is 1.44. The first kappa shape index (κ1) is 27.0. The fourth-order valence-corrected chi connectivity index (χ4v) is 4.75. The van der Waals surface area contributed by atoms with Crippen molar-refractivity contribution < 1.29 is 13.6 Å². The lowest BCUT2D eigenvalue weighted by molar-refractivity contribution is 0.0920. The number of carbonyl (C=O) groups excluding carboxylic acids is 1. The minimum Gasteiger partial charge on any atom is -0.455 e. The first-order valence-corrected chi connectivity index (χ1v) is 13.7. The number of carbonyl (C=O) groups is 1. The van der Waals surface area contributed by atoms with Crippen LogP contribution >= 0.6 is 11.8 Å². The van der Waals surface area contributed by atoms with Gasteiger partial charge in [0.15, 0.2) is 10.9 Å². The zero-order chi connectivity index (χ0) is 26.6. The van der Waals surface area contributed by atoms with Crippen molar-refractivity contribution in [3.8, 4) is 0 Å². The van der Waals surface area contributed by atoms with Crippen molar-refractivity contribution in [1.29, 1.82) is 0 Å². The lowest BCUT2D eigenvalue weighted by Gasteiger charge is -2.37. The molecule has 0 radical (unpaired) electrons. The maximum absolute atomic E-state index is 14.3. The number of halogens is 1. The number of nitrogens with one attached hydrogen (secondary N) is 1. The number of nitrogens with zero attached hydrogens (tertiary/aromatic N) is 4. The molecule has 4 rings (SSSR count). The summed E-state index contributed by atoms with van der Waals surface area (Å²) >= 11 is 1.49. The molecule has 0 aliphatic carbocycles. The third kappa shape index (κ3) is 7.03. The molecule has 37 heavy (non-hydrogen) atoms. The number of hydrogen-bond donors (Lipinski definition) is 1. The number of piperazine rings is 1. The minimum atomic E-state index is -0.201. The van der Waals surface area contributed by atoms with Gasteiger partial charge in [0.1, 0.15) is 17.4 Å². The van der Waals surface area contributed by atoms with E-state index in [9.17, 15) is 9.18 Å². The summed E-state index contributed by atoms with van der Waals surface area (Å²) in [6.07, 6.45) is 0. The molecule has 1 fully saturated rings. The molecule has 2 aromatic heterocycles. The second-order valence-corrected chi connectivity index (χ2v) is 11.7. The fraction of sp³-hybridized carbons (Fsp3) is 0.464. The Bertz CT molecular complexity index is 1220. The lowest BCUT2D eigenvalue weighted by atomic mass is 9.92. The Kier molecular flexibility index (Phi) is 8.42. The standard InChI is InChI=1S/C28H36FN5O2S/c1-19(2)17-30-26(35)23-11-10-20(36-23)18-37-27-31-24(28(3,4)5)16-25(32-27)34-14-12-33(13-15-34)22-9-7-6-8-21(22)29/h6-11,16,19H,12-15,17-18H2,1-5H3,(H,30,35). The van der Waals surface area contributed by atoms with Crippen LogP contribution in [0.2, 0.25) is 0 Å². The number of aromatic nitrogens is 2. The molecule has 1 N–H and O–H groups in total. The van der Waals surface area contributed by atoms with E-state index in [0.29, 0.717) is 53.7 Å². The van der Waals surface area contributed by atoms with Crippen molar-refractivity contribution in [1.82, 2.24) is 15.3 Å². The van der Waals surface area contributed by atoms with E-state index in [1.165, 1.54) is 17.8 Å². The highest BCUT2D eigenvalue weighted by Crippen LogP contribution is 2.30. The third-order valence-corrected chi connectivity index (χ3v) is 7.03. The molecule has 0 bridgehead atoms. The largest absolute Gasteiger partial charge is 0.455 e. The fourth-order valence-electron chi connectivity index (χ4n) is 4.01. The van der Waals surface area contributed by atoms with Gasteiger partial charge in [-0.05, 0) is 30.2 Å². The van der Waals surface area contributed by atoms with Gasteiger partial charge in [-0.15, -0.1) is 0 Å². The second kappa shape index (κ2) is 11.5. The molecule has 3 aromatic rings. The highest BCUT2D eigenvalue weighted by molar-refractivity contribution is 7.98. The molecule has 7 nitrogen and oxygen atoms in total. The molecule has 0 spiro atoms. The molecule has 1 saturated heterocycles. The van der Waals surface area contributed by atoms with Crippen LogP contribution in [0.4, 0.5) is 15.9 Å². The zero-order valence-electron chi connectivity index (χ0n) is 22.3. The summed E-state index contributed by atoms with van der Waals surface area (Å²) in [5.41, 5.74) is 1.46. The van der Waals surface area contributed by atoms with Crippen LogP contribution in [0.1, 0.15) is 56.6 Å². The second-order valence-electron chi connectivity index (χ2n) is 10.7. The average Bonchev–Trinajstić information content (AvgIpc) is 3.35. The van der Waals surface area contributed by atoms with Gasteiger partial charge in [0, 0.05) is 44.2 Å². The van der Waals surface area contributed by atoms with Gasteiger partial charge < -0.3 is 19.5 Å². The smallest absolute Gasteiger partial charge is 0.287 e. The lowest BCUT2D eigenvalue weighted by Crippen LogP contribution is -2.47. The van der Waals surface area contributed by atoms with Crippen LogP contribution < -0.4 is 15.1 Å². The monoisotopic (exact) mass is 525 g/mol. The molecule has 1 amide bonds. The number of furan rings is 1. The van der Waals surface area contributed by atoms with Crippen molar-refractivity contribution in [2.45, 2.75) is 50.9 Å². The van der Waals surface area contributed by atoms with Crippen LogP contribution in [-0.4, -0.2) is 48.6 Å². The molecular formula is C28H36FN5O2S. The summed E-state index contributed by atoms with van der Waals surface area (Å²) in [6, 6.07) is 12.5. The van der Waals surface area contributed by atoms with Crippen LogP contribution in [0.5, 0.6) is 0 Å². The Morgan fingerprint density at radius 3 is 2.46 bits per heavy atom. The Morgan fingerprint density at radius 1 is 1.08 bits per heavy atom. The molecule has 9 heteroatoms. The van der Waals surface area contributed by atoms with E-state index in [1.807, 2.05) is 32.0 Å². The van der Waals surface area contributed by atoms with Crippen LogP contribution in [0, 0.1) is 11.7 Å². The number of benzene rings is 1. The Labute approximate surface area is 222 Å². The quantitative estimate of drug-likeness (QED) is 0.307. The summed E-state index contributed by atoms with van der Waals surface area (Å²) in [5.74, 6) is 2.39. The van der Waals surface area contributed by atoms with Gasteiger partial charge in [0.05, 0.1) is 17.1 Å². The van der Waals surface area contributed by atoms with Gasteiger partial charge in [-0.25, -0.2) is 14.4 Å². The van der Waals surface area contributed by atoms with Crippen molar-refractivity contribution in [2.24, 2.45) is 5.92 Å². The summed E-state index contributed by atoms with van der Waals surface area (Å²) in [7, 11) is 0. The van der Waals surface area contributed by atoms with E-state index in [-0.39, 0.29) is 17.1 Å². The van der Waals surface area contributed by atoms with Gasteiger partial charge in [-0.1, -0.05) is 58.5 Å². The van der Waals surface area contributed by atoms with E-state index in [0.717, 1.165) is 24.6 Å². The molecule has 0 atom stereocenters. The Morgan fingerprint density at radius 2 is 1.78 bits per heavy atom. The first-order valence-electron chi connectivity index (χ1n) is 12.7. The molecule has 0 unspecified atom stereocenters. The maximum atomic E-state index is 14.3. The summed E-state index contributed by atoms with van der Waals surface area (Å²) in [5, 5.41) is 3.54. The molecule has 198 valence electrons. The number of para-hydroxylation sites is 1. The number of rotatable bonds is 8. The van der Waals surface area contributed by atoms with E-state index < -0.39 is 0 Å². The predicted molar refractivity (Wildman–Crippen MR) is 147 cm³/mol. The average molecular weight is 526 g/mol. The SMILES string of the molecule is CC(C)CNC(=O)c1ccc(CSc2nc(N3CCN(c4ccccc4F)CC3)cc(C(C)(C)C)n2)o1. The molecule has 1 aromatic carbocycles. The van der Waals surface area contributed by atoms with Gasteiger partial charge >= 0.3 is 0 Å². The zero-order valence-corrected chi connectivity index (χ0v) is 23.1. The summed E-state index contributed by atoms with van der Waals surface area (Å²) in [6.45, 7) is 14.0. The topological polar surface area (TPSA) is 74.5 Å². The van der Waals surface area contributed by atoms with Crippen molar-refractivity contribution >= 4 is 29.2 Å². The van der Waals surface area contributed by atoms with Gasteiger partial charge in [-0.3, -0.25) is 4.79 Å². The molecule has 3 heterocycles. The van der Waals surface area contributed by atoms with Crippen molar-refractivity contribution in [3.63, 3.8) is 0 Å². The van der Waals surface area contributed by atoms with Crippen LogP contribution in [0.25, 0.3) is 0 Å². The number of anilines is 2. The van der Waals surface area contributed by atoms with E-state index >= 15 is 0 Å². The van der Waals surface area contributed by atoms with E-state index in [2.05, 4.69) is 42.0 Å². The van der Waals surface area contributed by atoms with Crippen molar-refractivity contribution in [3.05, 3.63) is 65.5 Å². The highest BCUT2D eigenvalue weighted by Gasteiger charge is 2.24. The molecule has 1 aliphatic heterocycles. The van der Waals surface area contributed by atoms with Gasteiger partial charge in [0.2, 0.25) is 0 Å². The molecule has 0 saturated carbocycles. The van der Waals surface area contributed by atoms with Crippen LogP contribution in [0.3, 0.4) is 0 Å². The number of hydrogen-bond acceptors (Lipinski definition) is 7. The Hall–Kier alpha value is -3.07. The molecule has 1 aliphatic rings. The van der Waals surface area contributed by atoms with Crippen molar-refractivity contribution in [2.75, 3.05) is 42.5 Å². The summed E-state index contributed by atoms with van der Waals surface area (Å²) < 4.78 is 20.0. The maximum Gasteiger partial charge on any atom is 0.287 e. The van der Waals surface area contributed by atoms with Gasteiger partial charge in [0.25, 0.3) is 5.91 Å². The van der Waals surface area contributed by atoms with E-state index in [4.69, 9.17) is 14.4 Å². The van der Waals surface area contributed by atoms with Gasteiger partial charge in [-0.2, -0.15) is 0 Å². The number of thioether (sulfide) groups is 1. The normalized spacial score (nSPS) is 14.4.